The molecule has 1 aliphatic rings. The Hall–Kier alpha value is -2.35. The van der Waals surface area contributed by atoms with Crippen LogP contribution in [0.4, 0.5) is 5.82 Å². The van der Waals surface area contributed by atoms with Crippen molar-refractivity contribution >= 4 is 17.7 Å². The minimum atomic E-state index is 0.162. The number of rotatable bonds is 9. The fraction of sp³-hybridized carbons (Fsp3) is 0.682. The first-order valence-electron chi connectivity index (χ1n) is 11.1. The molecule has 2 unspecified atom stereocenters. The molecule has 0 radical (unpaired) electrons. The first kappa shape index (κ1) is 23.9. The summed E-state index contributed by atoms with van der Waals surface area (Å²) in [5.74, 6) is 1.85. The number of hydrogen-bond donors (Lipinski definition) is 2. The molecule has 30 heavy (non-hydrogen) atoms. The van der Waals surface area contributed by atoms with Gasteiger partial charge in [-0.2, -0.15) is 0 Å². The number of carbonyl (C=O) groups is 1. The van der Waals surface area contributed by atoms with Gasteiger partial charge in [0.15, 0.2) is 5.96 Å². The molecule has 0 bridgehead atoms. The van der Waals surface area contributed by atoms with Gasteiger partial charge in [-0.1, -0.05) is 6.07 Å². The number of aromatic nitrogens is 1. The zero-order chi connectivity index (χ0) is 21.9. The van der Waals surface area contributed by atoms with Crippen molar-refractivity contribution in [1.29, 1.82) is 0 Å². The maximum absolute atomic E-state index is 12.1. The lowest BCUT2D eigenvalue weighted by molar-refractivity contribution is -0.130. The molecule has 1 saturated heterocycles. The lowest BCUT2D eigenvalue weighted by Crippen LogP contribution is -2.45. The molecule has 2 heterocycles. The summed E-state index contributed by atoms with van der Waals surface area (Å²) < 4.78 is 5.80. The summed E-state index contributed by atoms with van der Waals surface area (Å²) in [6.07, 6.45) is 2.76. The minimum absolute atomic E-state index is 0.162. The molecular weight excluding hydrogens is 380 g/mol. The lowest BCUT2D eigenvalue weighted by atomic mass is 10.2. The molecule has 2 atom stereocenters. The van der Waals surface area contributed by atoms with E-state index in [2.05, 4.69) is 51.5 Å². The van der Waals surface area contributed by atoms with Gasteiger partial charge in [0.25, 0.3) is 0 Å². The van der Waals surface area contributed by atoms with Crippen LogP contribution in [0.5, 0.6) is 0 Å². The van der Waals surface area contributed by atoms with Crippen molar-refractivity contribution in [1.82, 2.24) is 20.5 Å². The Balaban J connectivity index is 1.88. The molecule has 0 aliphatic carbocycles. The number of morpholine rings is 1. The molecule has 8 nitrogen and oxygen atoms in total. The summed E-state index contributed by atoms with van der Waals surface area (Å²) in [6.45, 7) is 15.3. The number of aliphatic imine (C=N–C) groups is 1. The van der Waals surface area contributed by atoms with Crippen LogP contribution >= 0.6 is 0 Å². The van der Waals surface area contributed by atoms with E-state index in [0.717, 1.165) is 44.1 Å². The maximum atomic E-state index is 12.1. The van der Waals surface area contributed by atoms with Crippen molar-refractivity contribution in [2.24, 2.45) is 4.99 Å². The normalized spacial score (nSPS) is 19.5. The summed E-state index contributed by atoms with van der Waals surface area (Å²) in [5, 5.41) is 6.47. The SMILES string of the molecule is CCNC(=NCc1ccc(N2CC(C)OC(C)C2)nc1)NCCC(=O)N(CC)CC. The highest BCUT2D eigenvalue weighted by Gasteiger charge is 2.22. The van der Waals surface area contributed by atoms with Gasteiger partial charge in [0.1, 0.15) is 5.82 Å². The van der Waals surface area contributed by atoms with E-state index in [1.807, 2.05) is 31.9 Å². The van der Waals surface area contributed by atoms with Gasteiger partial charge < -0.3 is 25.2 Å². The van der Waals surface area contributed by atoms with Crippen LogP contribution in [0.1, 0.15) is 46.6 Å². The van der Waals surface area contributed by atoms with Gasteiger partial charge in [-0.15, -0.1) is 0 Å². The van der Waals surface area contributed by atoms with Gasteiger partial charge >= 0.3 is 0 Å². The highest BCUT2D eigenvalue weighted by Crippen LogP contribution is 2.18. The van der Waals surface area contributed by atoms with E-state index in [-0.39, 0.29) is 18.1 Å². The monoisotopic (exact) mass is 418 g/mol. The number of pyridine rings is 1. The Kier molecular flexibility index (Phi) is 9.86. The van der Waals surface area contributed by atoms with E-state index < -0.39 is 0 Å². The van der Waals surface area contributed by atoms with Crippen LogP contribution in [-0.2, 0) is 16.1 Å². The molecule has 0 aromatic carbocycles. The van der Waals surface area contributed by atoms with E-state index in [1.54, 1.807) is 0 Å². The standard InChI is InChI=1S/C22H38N6O2/c1-6-23-22(24-12-11-21(29)27(7-2)8-3)26-14-19-9-10-20(25-13-19)28-15-17(4)30-18(5)16-28/h9-10,13,17-18H,6-8,11-12,14-16H2,1-5H3,(H2,23,24,26). The fourth-order valence-corrected chi connectivity index (χ4v) is 3.60. The molecule has 1 aromatic heterocycles. The summed E-state index contributed by atoms with van der Waals surface area (Å²) in [7, 11) is 0. The summed E-state index contributed by atoms with van der Waals surface area (Å²) in [5.41, 5.74) is 1.05. The summed E-state index contributed by atoms with van der Waals surface area (Å²) in [4.78, 5) is 25.5. The molecule has 2 rings (SSSR count). The Morgan fingerprint density at radius 2 is 1.90 bits per heavy atom. The van der Waals surface area contributed by atoms with Crippen LogP contribution in [-0.4, -0.2) is 73.2 Å². The van der Waals surface area contributed by atoms with Gasteiger partial charge in [0.05, 0.1) is 18.8 Å². The number of anilines is 1. The van der Waals surface area contributed by atoms with Gasteiger partial charge in [-0.05, 0) is 46.2 Å². The zero-order valence-corrected chi connectivity index (χ0v) is 19.1. The van der Waals surface area contributed by atoms with Crippen molar-refractivity contribution in [2.45, 2.75) is 59.8 Å². The number of nitrogens with zero attached hydrogens (tertiary/aromatic N) is 4. The smallest absolute Gasteiger partial charge is 0.224 e. The largest absolute Gasteiger partial charge is 0.372 e. The minimum Gasteiger partial charge on any atom is -0.372 e. The maximum Gasteiger partial charge on any atom is 0.224 e. The van der Waals surface area contributed by atoms with Crippen molar-refractivity contribution in [3.63, 3.8) is 0 Å². The summed E-state index contributed by atoms with van der Waals surface area (Å²) >= 11 is 0. The van der Waals surface area contributed by atoms with Gasteiger partial charge in [0, 0.05) is 51.9 Å². The molecule has 2 N–H and O–H groups in total. The average Bonchev–Trinajstić information content (AvgIpc) is 2.72. The highest BCUT2D eigenvalue weighted by atomic mass is 16.5. The summed E-state index contributed by atoms with van der Waals surface area (Å²) in [6, 6.07) is 4.13. The predicted molar refractivity (Wildman–Crippen MR) is 122 cm³/mol. The predicted octanol–water partition coefficient (Wildman–Crippen LogP) is 2.01. The number of amides is 1. The lowest BCUT2D eigenvalue weighted by Gasteiger charge is -2.36. The quantitative estimate of drug-likeness (QED) is 0.472. The van der Waals surface area contributed by atoms with Crippen molar-refractivity contribution in [2.75, 3.05) is 44.2 Å². The van der Waals surface area contributed by atoms with Crippen LogP contribution < -0.4 is 15.5 Å². The van der Waals surface area contributed by atoms with E-state index in [9.17, 15) is 4.79 Å². The Labute approximate surface area is 181 Å². The Morgan fingerprint density at radius 3 is 2.47 bits per heavy atom. The van der Waals surface area contributed by atoms with E-state index in [1.165, 1.54) is 0 Å². The number of hydrogen-bond acceptors (Lipinski definition) is 5. The molecule has 1 fully saturated rings. The average molecular weight is 419 g/mol. The molecule has 0 spiro atoms. The van der Waals surface area contributed by atoms with Gasteiger partial charge in [-0.25, -0.2) is 9.98 Å². The number of guanidine groups is 1. The second kappa shape index (κ2) is 12.4. The second-order valence-electron chi connectivity index (χ2n) is 7.62. The van der Waals surface area contributed by atoms with Crippen molar-refractivity contribution in [3.8, 4) is 0 Å². The Bertz CT molecular complexity index is 665. The molecule has 1 aromatic rings. The molecule has 8 heteroatoms. The highest BCUT2D eigenvalue weighted by molar-refractivity contribution is 5.81. The second-order valence-corrected chi connectivity index (χ2v) is 7.62. The first-order valence-corrected chi connectivity index (χ1v) is 11.1. The molecule has 168 valence electrons. The first-order chi connectivity index (χ1) is 14.5. The third-order valence-electron chi connectivity index (χ3n) is 5.06. The van der Waals surface area contributed by atoms with Crippen LogP contribution in [0.3, 0.4) is 0 Å². The van der Waals surface area contributed by atoms with Crippen LogP contribution in [0.2, 0.25) is 0 Å². The number of carbonyl (C=O) groups excluding carboxylic acids is 1. The van der Waals surface area contributed by atoms with E-state index in [4.69, 9.17) is 4.74 Å². The molecular formula is C22H38N6O2. The molecule has 0 saturated carbocycles. The number of ether oxygens (including phenoxy) is 1. The number of nitrogens with one attached hydrogen (secondary N) is 2. The molecule has 1 aliphatic heterocycles. The van der Waals surface area contributed by atoms with E-state index in [0.29, 0.717) is 25.5 Å². The van der Waals surface area contributed by atoms with Crippen LogP contribution in [0, 0.1) is 0 Å². The van der Waals surface area contributed by atoms with E-state index >= 15 is 0 Å². The zero-order valence-electron chi connectivity index (χ0n) is 19.1. The van der Waals surface area contributed by atoms with Crippen molar-refractivity contribution < 1.29 is 9.53 Å². The van der Waals surface area contributed by atoms with Crippen LogP contribution in [0.15, 0.2) is 23.3 Å². The molecule has 1 amide bonds. The third kappa shape index (κ3) is 7.48. The van der Waals surface area contributed by atoms with Crippen LogP contribution in [0.25, 0.3) is 0 Å². The fourth-order valence-electron chi connectivity index (χ4n) is 3.60. The van der Waals surface area contributed by atoms with Gasteiger partial charge in [-0.3, -0.25) is 4.79 Å². The van der Waals surface area contributed by atoms with Crippen molar-refractivity contribution in [3.05, 3.63) is 23.9 Å². The van der Waals surface area contributed by atoms with Gasteiger partial charge in [0.2, 0.25) is 5.91 Å². The third-order valence-corrected chi connectivity index (χ3v) is 5.06. The Morgan fingerprint density at radius 1 is 1.20 bits per heavy atom. The topological polar surface area (TPSA) is 82.1 Å².